The van der Waals surface area contributed by atoms with E-state index in [1.807, 2.05) is 36.4 Å². The number of hydrogen-bond donors (Lipinski definition) is 1. The van der Waals surface area contributed by atoms with Crippen molar-refractivity contribution >= 4 is 15.9 Å². The van der Waals surface area contributed by atoms with Gasteiger partial charge >= 0.3 is 0 Å². The molecule has 0 spiro atoms. The second-order valence-corrected chi connectivity index (χ2v) is 5.22. The van der Waals surface area contributed by atoms with E-state index >= 15 is 0 Å². The number of nitrogens with zero attached hydrogens (tertiary/aromatic N) is 1. The van der Waals surface area contributed by atoms with Crippen molar-refractivity contribution in [1.82, 2.24) is 4.98 Å². The lowest BCUT2D eigenvalue weighted by molar-refractivity contribution is 0.163. The van der Waals surface area contributed by atoms with Gasteiger partial charge in [0.05, 0.1) is 18.9 Å². The second kappa shape index (κ2) is 6.68. The zero-order valence-electron chi connectivity index (χ0n) is 10.7. The van der Waals surface area contributed by atoms with E-state index in [0.717, 1.165) is 16.6 Å². The van der Waals surface area contributed by atoms with Gasteiger partial charge in [-0.2, -0.15) is 0 Å². The summed E-state index contributed by atoms with van der Waals surface area (Å²) in [6.45, 7) is 0. The molecule has 1 N–H and O–H groups in total. The number of halogens is 1. The minimum absolute atomic E-state index is 0.532. The van der Waals surface area contributed by atoms with E-state index in [1.165, 1.54) is 5.56 Å². The Balaban J connectivity index is 1.92. The van der Waals surface area contributed by atoms with E-state index in [-0.39, 0.29) is 0 Å². The predicted octanol–water partition coefficient (Wildman–Crippen LogP) is 3.52. The SMILES string of the molecule is COc1ccc(CCC(O)c2ccc(Br)cn2)cc1. The van der Waals surface area contributed by atoms with E-state index in [2.05, 4.69) is 20.9 Å². The lowest BCUT2D eigenvalue weighted by Crippen LogP contribution is -2.02. The maximum absolute atomic E-state index is 10.1. The molecule has 0 aliphatic heterocycles. The molecule has 0 aliphatic carbocycles. The maximum atomic E-state index is 10.1. The van der Waals surface area contributed by atoms with Crippen LogP contribution < -0.4 is 4.74 Å². The van der Waals surface area contributed by atoms with Crippen LogP contribution in [0.4, 0.5) is 0 Å². The summed E-state index contributed by atoms with van der Waals surface area (Å²) in [6, 6.07) is 11.6. The number of benzene rings is 1. The summed E-state index contributed by atoms with van der Waals surface area (Å²) >= 11 is 3.33. The molecule has 0 saturated heterocycles. The molecule has 2 aromatic rings. The summed E-state index contributed by atoms with van der Waals surface area (Å²) < 4.78 is 6.03. The van der Waals surface area contributed by atoms with Crippen LogP contribution in [0.15, 0.2) is 47.1 Å². The molecule has 0 bridgehead atoms. The normalized spacial score (nSPS) is 12.2. The summed E-state index contributed by atoms with van der Waals surface area (Å²) in [5, 5.41) is 10.1. The highest BCUT2D eigenvalue weighted by atomic mass is 79.9. The van der Waals surface area contributed by atoms with Crippen molar-refractivity contribution < 1.29 is 9.84 Å². The number of methoxy groups -OCH3 is 1. The molecular weight excluding hydrogens is 306 g/mol. The fourth-order valence-electron chi connectivity index (χ4n) is 1.83. The first-order valence-corrected chi connectivity index (χ1v) is 6.91. The van der Waals surface area contributed by atoms with Crippen molar-refractivity contribution in [2.24, 2.45) is 0 Å². The average molecular weight is 322 g/mol. The first kappa shape index (κ1) is 14.0. The lowest BCUT2D eigenvalue weighted by Gasteiger charge is -2.10. The lowest BCUT2D eigenvalue weighted by atomic mass is 10.0. The van der Waals surface area contributed by atoms with E-state index in [4.69, 9.17) is 4.74 Å². The number of hydrogen-bond acceptors (Lipinski definition) is 3. The Bertz CT molecular complexity index is 511. The third-order valence-electron chi connectivity index (χ3n) is 2.96. The maximum Gasteiger partial charge on any atom is 0.118 e. The molecule has 1 aromatic heterocycles. The first-order valence-electron chi connectivity index (χ1n) is 6.11. The van der Waals surface area contributed by atoms with Crippen LogP contribution in [0.3, 0.4) is 0 Å². The summed E-state index contributed by atoms with van der Waals surface area (Å²) in [5.41, 5.74) is 1.88. The third kappa shape index (κ3) is 4.04. The zero-order chi connectivity index (χ0) is 13.7. The Labute approximate surface area is 121 Å². The van der Waals surface area contributed by atoms with E-state index < -0.39 is 6.10 Å². The minimum atomic E-state index is -0.532. The van der Waals surface area contributed by atoms with Gasteiger partial charge in [-0.05, 0) is 58.6 Å². The Morgan fingerprint density at radius 3 is 2.53 bits per heavy atom. The van der Waals surface area contributed by atoms with E-state index in [1.54, 1.807) is 13.3 Å². The standard InChI is InChI=1S/C15H16BrNO2/c1-19-13-6-2-11(3-7-13)4-9-15(18)14-8-5-12(16)10-17-14/h2-3,5-8,10,15,18H,4,9H2,1H3. The van der Waals surface area contributed by atoms with Crippen molar-refractivity contribution in [2.45, 2.75) is 18.9 Å². The van der Waals surface area contributed by atoms with Crippen LogP contribution in [0, 0.1) is 0 Å². The molecule has 0 saturated carbocycles. The highest BCUT2D eigenvalue weighted by molar-refractivity contribution is 9.10. The Hall–Kier alpha value is -1.39. The van der Waals surface area contributed by atoms with Gasteiger partial charge in [-0.25, -0.2) is 0 Å². The van der Waals surface area contributed by atoms with Crippen LogP contribution in [0.2, 0.25) is 0 Å². The second-order valence-electron chi connectivity index (χ2n) is 4.30. The average Bonchev–Trinajstić information content (AvgIpc) is 2.46. The van der Waals surface area contributed by atoms with Crippen LogP contribution in [0.25, 0.3) is 0 Å². The topological polar surface area (TPSA) is 42.4 Å². The van der Waals surface area contributed by atoms with Crippen LogP contribution in [0.5, 0.6) is 5.75 Å². The van der Waals surface area contributed by atoms with Crippen molar-refractivity contribution in [3.8, 4) is 5.75 Å². The third-order valence-corrected chi connectivity index (χ3v) is 3.43. The van der Waals surface area contributed by atoms with Gasteiger partial charge in [-0.1, -0.05) is 12.1 Å². The van der Waals surface area contributed by atoms with Gasteiger partial charge in [0.25, 0.3) is 0 Å². The number of pyridine rings is 1. The molecular formula is C15H16BrNO2. The summed E-state index contributed by atoms with van der Waals surface area (Å²) in [5.74, 6) is 0.846. The zero-order valence-corrected chi connectivity index (χ0v) is 12.3. The molecule has 1 atom stereocenters. The molecule has 19 heavy (non-hydrogen) atoms. The Morgan fingerprint density at radius 2 is 1.95 bits per heavy atom. The number of aliphatic hydroxyl groups is 1. The van der Waals surface area contributed by atoms with Crippen molar-refractivity contribution in [2.75, 3.05) is 7.11 Å². The van der Waals surface area contributed by atoms with E-state index in [0.29, 0.717) is 12.1 Å². The number of aromatic nitrogens is 1. The molecule has 100 valence electrons. The van der Waals surface area contributed by atoms with Gasteiger partial charge in [0, 0.05) is 10.7 Å². The number of aliphatic hydroxyl groups excluding tert-OH is 1. The molecule has 1 heterocycles. The van der Waals surface area contributed by atoms with Gasteiger partial charge in [0.2, 0.25) is 0 Å². The van der Waals surface area contributed by atoms with Gasteiger partial charge in [0.15, 0.2) is 0 Å². The fourth-order valence-corrected chi connectivity index (χ4v) is 2.06. The quantitative estimate of drug-likeness (QED) is 0.916. The molecule has 0 radical (unpaired) electrons. The largest absolute Gasteiger partial charge is 0.497 e. The van der Waals surface area contributed by atoms with Gasteiger partial charge < -0.3 is 9.84 Å². The van der Waals surface area contributed by atoms with Crippen LogP contribution in [-0.4, -0.2) is 17.2 Å². The van der Waals surface area contributed by atoms with Gasteiger partial charge in [-0.15, -0.1) is 0 Å². The monoisotopic (exact) mass is 321 g/mol. The highest BCUT2D eigenvalue weighted by Crippen LogP contribution is 2.20. The van der Waals surface area contributed by atoms with Crippen molar-refractivity contribution in [1.29, 1.82) is 0 Å². The summed E-state index contributed by atoms with van der Waals surface area (Å²) in [4.78, 5) is 4.20. The number of rotatable bonds is 5. The molecule has 1 aromatic carbocycles. The molecule has 0 amide bonds. The predicted molar refractivity (Wildman–Crippen MR) is 78.2 cm³/mol. The summed E-state index contributed by atoms with van der Waals surface area (Å²) in [7, 11) is 1.65. The van der Waals surface area contributed by atoms with Crippen LogP contribution in [-0.2, 0) is 6.42 Å². The molecule has 0 fully saturated rings. The Morgan fingerprint density at radius 1 is 1.21 bits per heavy atom. The number of ether oxygens (including phenoxy) is 1. The van der Waals surface area contributed by atoms with Gasteiger partial charge in [0.1, 0.15) is 5.75 Å². The molecule has 4 heteroatoms. The molecule has 2 rings (SSSR count). The Kier molecular flexibility index (Phi) is 4.93. The first-order chi connectivity index (χ1) is 9.19. The highest BCUT2D eigenvalue weighted by Gasteiger charge is 2.09. The van der Waals surface area contributed by atoms with Crippen LogP contribution >= 0.6 is 15.9 Å². The summed E-state index contributed by atoms with van der Waals surface area (Å²) in [6.07, 6.45) is 2.63. The molecule has 3 nitrogen and oxygen atoms in total. The number of aryl methyl sites for hydroxylation is 1. The van der Waals surface area contributed by atoms with E-state index in [9.17, 15) is 5.11 Å². The fraction of sp³-hybridized carbons (Fsp3) is 0.267. The molecule has 0 aliphatic rings. The van der Waals surface area contributed by atoms with Crippen LogP contribution in [0.1, 0.15) is 23.8 Å². The van der Waals surface area contributed by atoms with Crippen molar-refractivity contribution in [3.05, 3.63) is 58.3 Å². The molecule has 1 unspecified atom stereocenters. The van der Waals surface area contributed by atoms with Gasteiger partial charge in [-0.3, -0.25) is 4.98 Å². The smallest absolute Gasteiger partial charge is 0.118 e. The minimum Gasteiger partial charge on any atom is -0.497 e. The van der Waals surface area contributed by atoms with Crippen molar-refractivity contribution in [3.63, 3.8) is 0 Å².